The van der Waals surface area contributed by atoms with Crippen LogP contribution in [-0.4, -0.2) is 17.1 Å². The standard InChI is InChI=1S/C8H8NO4/c1-5-3-6(9(11)12)8(13-2)4-7(5)10/h3-4,10H,1H2,2H3. The van der Waals surface area contributed by atoms with Crippen LogP contribution in [0.4, 0.5) is 5.69 Å². The smallest absolute Gasteiger partial charge is 0.311 e. The number of nitrogens with zero attached hydrogens (tertiary/aromatic N) is 1. The molecule has 1 aromatic carbocycles. The minimum atomic E-state index is -0.590. The Morgan fingerprint density at radius 3 is 2.69 bits per heavy atom. The van der Waals surface area contributed by atoms with E-state index in [0.717, 1.165) is 6.07 Å². The van der Waals surface area contributed by atoms with Gasteiger partial charge in [-0.25, -0.2) is 0 Å². The van der Waals surface area contributed by atoms with E-state index in [2.05, 4.69) is 6.92 Å². The maximum absolute atomic E-state index is 10.5. The Bertz CT molecular complexity index is 348. The summed E-state index contributed by atoms with van der Waals surface area (Å²) in [6.45, 7) is 3.43. The van der Waals surface area contributed by atoms with Gasteiger partial charge in [0, 0.05) is 17.7 Å². The van der Waals surface area contributed by atoms with E-state index in [-0.39, 0.29) is 22.7 Å². The Balaban J connectivity index is 3.33. The maximum atomic E-state index is 10.5. The number of benzene rings is 1. The summed E-state index contributed by atoms with van der Waals surface area (Å²) in [6.07, 6.45) is 0. The Kier molecular flexibility index (Phi) is 2.36. The average Bonchev–Trinajstić information content (AvgIpc) is 2.08. The molecule has 13 heavy (non-hydrogen) atoms. The Labute approximate surface area is 74.7 Å². The normalized spacial score (nSPS) is 9.69. The van der Waals surface area contributed by atoms with Gasteiger partial charge in [0.25, 0.3) is 0 Å². The SMILES string of the molecule is [CH2]c1cc([N+](=O)[O-])c(OC)cc1O. The summed E-state index contributed by atoms with van der Waals surface area (Å²) >= 11 is 0. The van der Waals surface area contributed by atoms with Crippen molar-refractivity contribution in [2.24, 2.45) is 0 Å². The highest BCUT2D eigenvalue weighted by atomic mass is 16.6. The van der Waals surface area contributed by atoms with Crippen LogP contribution in [0, 0.1) is 17.0 Å². The van der Waals surface area contributed by atoms with Gasteiger partial charge in [0.1, 0.15) is 5.75 Å². The number of nitro groups is 1. The summed E-state index contributed by atoms with van der Waals surface area (Å²) in [5, 5.41) is 19.6. The van der Waals surface area contributed by atoms with Crippen molar-refractivity contribution in [2.75, 3.05) is 7.11 Å². The molecule has 0 unspecified atom stereocenters. The fourth-order valence-corrected chi connectivity index (χ4v) is 0.907. The van der Waals surface area contributed by atoms with Gasteiger partial charge >= 0.3 is 5.69 Å². The van der Waals surface area contributed by atoms with E-state index < -0.39 is 4.92 Å². The molecule has 0 aliphatic carbocycles. The second kappa shape index (κ2) is 3.30. The second-order valence-electron chi connectivity index (χ2n) is 2.41. The lowest BCUT2D eigenvalue weighted by Gasteiger charge is -2.03. The Morgan fingerprint density at radius 2 is 2.23 bits per heavy atom. The minimum absolute atomic E-state index is 0.0231. The molecular formula is C8H8NO4. The first-order chi connectivity index (χ1) is 6.06. The van der Waals surface area contributed by atoms with Crippen molar-refractivity contribution in [2.45, 2.75) is 0 Å². The largest absolute Gasteiger partial charge is 0.508 e. The molecule has 0 amide bonds. The molecule has 0 fully saturated rings. The van der Waals surface area contributed by atoms with Crippen molar-refractivity contribution in [3.05, 3.63) is 34.7 Å². The number of hydrogen-bond acceptors (Lipinski definition) is 4. The fourth-order valence-electron chi connectivity index (χ4n) is 0.907. The van der Waals surface area contributed by atoms with E-state index >= 15 is 0 Å². The number of hydrogen-bond donors (Lipinski definition) is 1. The summed E-state index contributed by atoms with van der Waals surface area (Å²) < 4.78 is 4.71. The van der Waals surface area contributed by atoms with Gasteiger partial charge < -0.3 is 9.84 Å². The molecular weight excluding hydrogens is 174 g/mol. The highest BCUT2D eigenvalue weighted by Crippen LogP contribution is 2.32. The third kappa shape index (κ3) is 1.69. The summed E-state index contributed by atoms with van der Waals surface area (Å²) in [7, 11) is 1.30. The van der Waals surface area contributed by atoms with Crippen LogP contribution in [0.5, 0.6) is 11.5 Å². The van der Waals surface area contributed by atoms with Crippen molar-refractivity contribution >= 4 is 5.69 Å². The number of phenolic OH excluding ortho intramolecular Hbond substituents is 1. The molecule has 0 bridgehead atoms. The molecule has 0 saturated carbocycles. The summed E-state index contributed by atoms with van der Waals surface area (Å²) in [5.74, 6) is -0.0997. The van der Waals surface area contributed by atoms with E-state index in [9.17, 15) is 15.2 Å². The lowest BCUT2D eigenvalue weighted by Crippen LogP contribution is -1.94. The van der Waals surface area contributed by atoms with Crippen molar-refractivity contribution < 1.29 is 14.8 Å². The monoisotopic (exact) mass is 182 g/mol. The predicted molar refractivity (Wildman–Crippen MR) is 45.8 cm³/mol. The first-order valence-corrected chi connectivity index (χ1v) is 3.43. The predicted octanol–water partition coefficient (Wildman–Crippen LogP) is 1.49. The Hall–Kier alpha value is -1.78. The Morgan fingerprint density at radius 1 is 1.62 bits per heavy atom. The van der Waals surface area contributed by atoms with Gasteiger partial charge in [-0.3, -0.25) is 10.1 Å². The van der Waals surface area contributed by atoms with Gasteiger partial charge in [0.2, 0.25) is 5.75 Å². The summed E-state index contributed by atoms with van der Waals surface area (Å²) in [5.41, 5.74) is -0.00204. The third-order valence-corrected chi connectivity index (χ3v) is 1.58. The molecule has 0 heterocycles. The van der Waals surface area contributed by atoms with Gasteiger partial charge in [0.15, 0.2) is 0 Å². The number of aromatic hydroxyl groups is 1. The summed E-state index contributed by atoms with van der Waals surface area (Å²) in [4.78, 5) is 9.87. The van der Waals surface area contributed by atoms with Crippen LogP contribution < -0.4 is 4.74 Å². The molecule has 5 heteroatoms. The number of phenols is 1. The van der Waals surface area contributed by atoms with Crippen LogP contribution in [0.2, 0.25) is 0 Å². The lowest BCUT2D eigenvalue weighted by atomic mass is 10.2. The molecule has 0 spiro atoms. The van der Waals surface area contributed by atoms with Gasteiger partial charge in [-0.15, -0.1) is 0 Å². The summed E-state index contributed by atoms with van der Waals surface area (Å²) in [6, 6.07) is 2.33. The first-order valence-electron chi connectivity index (χ1n) is 3.43. The molecule has 0 atom stereocenters. The zero-order valence-corrected chi connectivity index (χ0v) is 6.98. The second-order valence-corrected chi connectivity index (χ2v) is 2.41. The molecule has 1 radical (unpaired) electrons. The molecule has 0 aliphatic rings. The van der Waals surface area contributed by atoms with Crippen LogP contribution in [0.3, 0.4) is 0 Å². The van der Waals surface area contributed by atoms with E-state index in [1.165, 1.54) is 13.2 Å². The van der Waals surface area contributed by atoms with E-state index in [1.807, 2.05) is 0 Å². The van der Waals surface area contributed by atoms with Gasteiger partial charge in [0.05, 0.1) is 12.0 Å². The topological polar surface area (TPSA) is 72.6 Å². The molecule has 5 nitrogen and oxygen atoms in total. The van der Waals surface area contributed by atoms with E-state index in [1.54, 1.807) is 0 Å². The number of nitro benzene ring substituents is 1. The molecule has 0 saturated heterocycles. The van der Waals surface area contributed by atoms with E-state index in [4.69, 9.17) is 4.74 Å². The van der Waals surface area contributed by atoms with Crippen LogP contribution in [0.25, 0.3) is 0 Å². The molecule has 1 aromatic rings. The first kappa shape index (κ1) is 9.31. The average molecular weight is 182 g/mol. The fraction of sp³-hybridized carbons (Fsp3) is 0.125. The number of rotatable bonds is 2. The minimum Gasteiger partial charge on any atom is -0.508 e. The van der Waals surface area contributed by atoms with Gasteiger partial charge in [-0.1, -0.05) is 0 Å². The van der Waals surface area contributed by atoms with Crippen molar-refractivity contribution in [3.8, 4) is 11.5 Å². The quantitative estimate of drug-likeness (QED) is 0.555. The third-order valence-electron chi connectivity index (χ3n) is 1.58. The molecule has 1 N–H and O–H groups in total. The number of methoxy groups -OCH3 is 1. The van der Waals surface area contributed by atoms with E-state index in [0.29, 0.717) is 0 Å². The highest BCUT2D eigenvalue weighted by Gasteiger charge is 2.16. The van der Waals surface area contributed by atoms with Crippen molar-refractivity contribution in [3.63, 3.8) is 0 Å². The number of ether oxygens (including phenoxy) is 1. The molecule has 0 aliphatic heterocycles. The van der Waals surface area contributed by atoms with Gasteiger partial charge in [-0.05, 0) is 6.92 Å². The molecule has 1 rings (SSSR count). The zero-order valence-electron chi connectivity index (χ0n) is 6.98. The van der Waals surface area contributed by atoms with Crippen LogP contribution >= 0.6 is 0 Å². The zero-order chi connectivity index (χ0) is 10.0. The van der Waals surface area contributed by atoms with Crippen LogP contribution in [-0.2, 0) is 0 Å². The highest BCUT2D eigenvalue weighted by molar-refractivity contribution is 5.55. The van der Waals surface area contributed by atoms with Crippen molar-refractivity contribution in [1.29, 1.82) is 0 Å². The van der Waals surface area contributed by atoms with Gasteiger partial charge in [-0.2, -0.15) is 0 Å². The maximum Gasteiger partial charge on any atom is 0.311 e. The van der Waals surface area contributed by atoms with Crippen molar-refractivity contribution in [1.82, 2.24) is 0 Å². The molecule has 69 valence electrons. The molecule has 0 aromatic heterocycles. The van der Waals surface area contributed by atoms with Crippen LogP contribution in [0.1, 0.15) is 5.56 Å². The van der Waals surface area contributed by atoms with Crippen LogP contribution in [0.15, 0.2) is 12.1 Å². The lowest BCUT2D eigenvalue weighted by molar-refractivity contribution is -0.385.